The highest BCUT2D eigenvalue weighted by Crippen LogP contribution is 2.44. The van der Waals surface area contributed by atoms with Crippen LogP contribution in [0.4, 0.5) is 0 Å². The molecule has 8 heteroatoms. The Hall–Kier alpha value is -3.94. The summed E-state index contributed by atoms with van der Waals surface area (Å²) in [5, 5.41) is 1.39. The fourth-order valence-electron chi connectivity index (χ4n) is 3.93. The van der Waals surface area contributed by atoms with Gasteiger partial charge in [0.15, 0.2) is 23.0 Å². The van der Waals surface area contributed by atoms with Crippen LogP contribution in [0, 0.1) is 0 Å². The van der Waals surface area contributed by atoms with Crippen LogP contribution in [0.15, 0.2) is 36.4 Å². The Morgan fingerprint density at radius 2 is 1.41 bits per heavy atom. The largest absolute Gasteiger partial charge is 0.462 e. The zero-order valence-corrected chi connectivity index (χ0v) is 17.6. The Labute approximate surface area is 183 Å². The summed E-state index contributed by atoms with van der Waals surface area (Å²) < 4.78 is 32.6. The van der Waals surface area contributed by atoms with Crippen LogP contribution in [-0.2, 0) is 9.47 Å². The molecule has 0 fully saturated rings. The minimum atomic E-state index is -0.622. The number of fused-ring (bicyclic) bond motifs is 3. The van der Waals surface area contributed by atoms with Gasteiger partial charge in [-0.2, -0.15) is 0 Å². The predicted molar refractivity (Wildman–Crippen MR) is 114 cm³/mol. The number of hydrogen-bond acceptors (Lipinski definition) is 8. The van der Waals surface area contributed by atoms with E-state index in [-0.39, 0.29) is 37.9 Å². The second-order valence-corrected chi connectivity index (χ2v) is 7.11. The highest BCUT2D eigenvalue weighted by molar-refractivity contribution is 6.16. The van der Waals surface area contributed by atoms with Crippen molar-refractivity contribution in [3.05, 3.63) is 47.5 Å². The number of hydrogen-bond donors (Lipinski definition) is 0. The zero-order valence-electron chi connectivity index (χ0n) is 17.6. The van der Waals surface area contributed by atoms with Gasteiger partial charge in [-0.25, -0.2) is 9.59 Å². The minimum Gasteiger partial charge on any atom is -0.462 e. The molecule has 0 aromatic heterocycles. The highest BCUT2D eigenvalue weighted by Gasteiger charge is 2.29. The van der Waals surface area contributed by atoms with Gasteiger partial charge in [0.1, 0.15) is 0 Å². The van der Waals surface area contributed by atoms with Gasteiger partial charge in [-0.15, -0.1) is 0 Å². The summed E-state index contributed by atoms with van der Waals surface area (Å²) in [6, 6.07) is 10.6. The molecule has 0 radical (unpaired) electrons. The maximum Gasteiger partial charge on any atom is 0.339 e. The van der Waals surface area contributed by atoms with E-state index >= 15 is 0 Å². The van der Waals surface area contributed by atoms with E-state index in [0.29, 0.717) is 44.9 Å². The van der Waals surface area contributed by atoms with Gasteiger partial charge < -0.3 is 28.4 Å². The van der Waals surface area contributed by atoms with Crippen molar-refractivity contribution in [1.82, 2.24) is 0 Å². The molecular formula is C24H20O8. The maximum absolute atomic E-state index is 13.1. The van der Waals surface area contributed by atoms with E-state index < -0.39 is 11.9 Å². The third-order valence-corrected chi connectivity index (χ3v) is 5.27. The highest BCUT2D eigenvalue weighted by atomic mass is 16.7. The van der Waals surface area contributed by atoms with Crippen LogP contribution in [0.1, 0.15) is 34.6 Å². The second-order valence-electron chi connectivity index (χ2n) is 7.11. The van der Waals surface area contributed by atoms with E-state index in [1.165, 1.54) is 0 Å². The molecule has 2 aliphatic heterocycles. The molecule has 164 valence electrons. The van der Waals surface area contributed by atoms with Gasteiger partial charge in [0.05, 0.1) is 24.3 Å². The number of carbonyl (C=O) groups is 2. The molecule has 5 rings (SSSR count). The molecule has 0 saturated heterocycles. The van der Waals surface area contributed by atoms with Crippen molar-refractivity contribution in [1.29, 1.82) is 0 Å². The Morgan fingerprint density at radius 1 is 0.781 bits per heavy atom. The first-order valence-electron chi connectivity index (χ1n) is 10.2. The lowest BCUT2D eigenvalue weighted by Gasteiger charge is -2.17. The van der Waals surface area contributed by atoms with Crippen LogP contribution >= 0.6 is 0 Å². The molecule has 0 amide bonds. The van der Waals surface area contributed by atoms with Crippen LogP contribution in [0.3, 0.4) is 0 Å². The molecule has 0 spiro atoms. The second kappa shape index (κ2) is 7.96. The van der Waals surface area contributed by atoms with Crippen LogP contribution < -0.4 is 18.9 Å². The predicted octanol–water partition coefficient (Wildman–Crippen LogP) is 4.32. The minimum absolute atomic E-state index is 0.0977. The van der Waals surface area contributed by atoms with Gasteiger partial charge in [-0.05, 0) is 60.5 Å². The van der Waals surface area contributed by atoms with Crippen molar-refractivity contribution in [3.63, 3.8) is 0 Å². The first-order chi connectivity index (χ1) is 15.6. The van der Waals surface area contributed by atoms with E-state index in [9.17, 15) is 9.59 Å². The van der Waals surface area contributed by atoms with Crippen molar-refractivity contribution in [2.24, 2.45) is 0 Å². The average molecular weight is 436 g/mol. The summed E-state index contributed by atoms with van der Waals surface area (Å²) in [6.07, 6.45) is 0. The Balaban J connectivity index is 1.85. The third-order valence-electron chi connectivity index (χ3n) is 5.27. The van der Waals surface area contributed by atoms with Crippen molar-refractivity contribution >= 4 is 22.7 Å². The molecule has 32 heavy (non-hydrogen) atoms. The van der Waals surface area contributed by atoms with Crippen molar-refractivity contribution < 1.29 is 38.0 Å². The molecule has 3 aromatic carbocycles. The lowest BCUT2D eigenvalue weighted by molar-refractivity contribution is 0.0480. The Morgan fingerprint density at radius 3 is 2.12 bits per heavy atom. The SMILES string of the molecule is CCOC(=O)c1cc2cc3c(cc2c(-c2ccc4c(c2)OCO4)c1C(=O)OCC)OCO3. The number of benzene rings is 3. The molecule has 2 heterocycles. The molecular weight excluding hydrogens is 416 g/mol. The zero-order chi connectivity index (χ0) is 22.2. The summed E-state index contributed by atoms with van der Waals surface area (Å²) in [5.74, 6) is 1.04. The summed E-state index contributed by atoms with van der Waals surface area (Å²) in [5.41, 5.74) is 1.41. The van der Waals surface area contributed by atoms with E-state index in [4.69, 9.17) is 28.4 Å². The Bertz CT molecular complexity index is 1250. The molecule has 8 nitrogen and oxygen atoms in total. The van der Waals surface area contributed by atoms with Crippen LogP contribution in [0.2, 0.25) is 0 Å². The van der Waals surface area contributed by atoms with E-state index in [2.05, 4.69) is 0 Å². The van der Waals surface area contributed by atoms with E-state index in [0.717, 1.165) is 0 Å². The van der Waals surface area contributed by atoms with Crippen LogP contribution in [0.25, 0.3) is 21.9 Å². The fourth-order valence-corrected chi connectivity index (χ4v) is 3.93. The molecule has 0 saturated carbocycles. The summed E-state index contributed by atoms with van der Waals surface area (Å²) in [7, 11) is 0. The van der Waals surface area contributed by atoms with Gasteiger partial charge in [-0.1, -0.05) is 6.07 Å². The molecule has 0 unspecified atom stereocenters. The molecule has 0 aliphatic carbocycles. The number of rotatable bonds is 5. The molecule has 0 N–H and O–H groups in total. The monoisotopic (exact) mass is 436 g/mol. The molecule has 0 atom stereocenters. The summed E-state index contributed by atoms with van der Waals surface area (Å²) >= 11 is 0. The number of esters is 2. The average Bonchev–Trinajstić information content (AvgIpc) is 3.44. The van der Waals surface area contributed by atoms with Gasteiger partial charge in [0.25, 0.3) is 0 Å². The van der Waals surface area contributed by atoms with Gasteiger partial charge in [0, 0.05) is 5.56 Å². The summed E-state index contributed by atoms with van der Waals surface area (Å²) in [4.78, 5) is 26.0. The molecule has 0 bridgehead atoms. The maximum atomic E-state index is 13.1. The first-order valence-corrected chi connectivity index (χ1v) is 10.2. The quantitative estimate of drug-likeness (QED) is 0.547. The van der Waals surface area contributed by atoms with Crippen molar-refractivity contribution in [2.45, 2.75) is 13.8 Å². The molecule has 3 aromatic rings. The van der Waals surface area contributed by atoms with Crippen LogP contribution in [0.5, 0.6) is 23.0 Å². The Kier molecular flexibility index (Phi) is 4.97. The van der Waals surface area contributed by atoms with Crippen molar-refractivity contribution in [2.75, 3.05) is 26.8 Å². The normalized spacial score (nSPS) is 13.3. The number of ether oxygens (including phenoxy) is 6. The van der Waals surface area contributed by atoms with Gasteiger partial charge in [-0.3, -0.25) is 0 Å². The van der Waals surface area contributed by atoms with Gasteiger partial charge in [0.2, 0.25) is 13.6 Å². The third kappa shape index (κ3) is 3.24. The lowest BCUT2D eigenvalue weighted by Crippen LogP contribution is -2.16. The summed E-state index contributed by atoms with van der Waals surface area (Å²) in [6.45, 7) is 3.95. The van der Waals surface area contributed by atoms with E-state index in [1.54, 1.807) is 44.2 Å². The van der Waals surface area contributed by atoms with Gasteiger partial charge >= 0.3 is 11.9 Å². The van der Waals surface area contributed by atoms with E-state index in [1.807, 2.05) is 6.07 Å². The van der Waals surface area contributed by atoms with Crippen LogP contribution in [-0.4, -0.2) is 38.7 Å². The smallest absolute Gasteiger partial charge is 0.339 e. The lowest BCUT2D eigenvalue weighted by atomic mass is 9.89. The first kappa shape index (κ1) is 20.0. The molecule has 2 aliphatic rings. The fraction of sp³-hybridized carbons (Fsp3) is 0.250. The number of carbonyl (C=O) groups excluding carboxylic acids is 2. The topological polar surface area (TPSA) is 89.5 Å². The van der Waals surface area contributed by atoms with Crippen molar-refractivity contribution in [3.8, 4) is 34.1 Å². The standard InChI is InChI=1S/C24H20O8/c1-3-27-23(25)16-7-14-9-19-20(32-12-31-19)10-15(14)21(22(16)24(26)28-4-2)13-5-6-17-18(8-13)30-11-29-17/h5-10H,3-4,11-12H2,1-2H3.